The largest absolute Gasteiger partial charge is 0.398 e. The first-order valence-corrected chi connectivity index (χ1v) is 5.56. The van der Waals surface area contributed by atoms with E-state index in [1.54, 1.807) is 25.1 Å². The molecular formula is C11H12BrN3O. The molecule has 5 heteroatoms. The fourth-order valence-corrected chi connectivity index (χ4v) is 1.58. The number of carbonyl (C=O) groups excluding carboxylic acids is 1. The second-order valence-electron chi connectivity index (χ2n) is 3.47. The van der Waals surface area contributed by atoms with Crippen LogP contribution in [0.25, 0.3) is 0 Å². The highest BCUT2D eigenvalue weighted by molar-refractivity contribution is 9.10. The molecule has 1 amide bonds. The zero-order valence-corrected chi connectivity index (χ0v) is 10.4. The lowest BCUT2D eigenvalue weighted by Gasteiger charge is -2.11. The molecule has 0 saturated carbocycles. The number of amides is 1. The van der Waals surface area contributed by atoms with Crippen LogP contribution in [-0.2, 0) is 0 Å². The van der Waals surface area contributed by atoms with Gasteiger partial charge in [0.15, 0.2) is 0 Å². The monoisotopic (exact) mass is 281 g/mol. The zero-order valence-electron chi connectivity index (χ0n) is 8.83. The minimum absolute atomic E-state index is 0.184. The number of rotatable bonds is 3. The van der Waals surface area contributed by atoms with Gasteiger partial charge in [-0.05, 0) is 25.1 Å². The van der Waals surface area contributed by atoms with Crippen LogP contribution in [0.1, 0.15) is 23.7 Å². The van der Waals surface area contributed by atoms with E-state index in [4.69, 9.17) is 11.0 Å². The van der Waals surface area contributed by atoms with Gasteiger partial charge in [0.2, 0.25) is 0 Å². The Morgan fingerprint density at radius 2 is 2.38 bits per heavy atom. The van der Waals surface area contributed by atoms with Gasteiger partial charge in [-0.2, -0.15) is 5.26 Å². The summed E-state index contributed by atoms with van der Waals surface area (Å²) >= 11 is 3.27. The van der Waals surface area contributed by atoms with Crippen LogP contribution in [0.2, 0.25) is 0 Å². The molecule has 0 bridgehead atoms. The highest BCUT2D eigenvalue weighted by Gasteiger charge is 2.12. The first-order chi connectivity index (χ1) is 7.54. The molecule has 4 nitrogen and oxygen atoms in total. The van der Waals surface area contributed by atoms with Crippen LogP contribution in [0.15, 0.2) is 22.7 Å². The summed E-state index contributed by atoms with van der Waals surface area (Å²) in [5.74, 6) is -0.262. The van der Waals surface area contributed by atoms with E-state index >= 15 is 0 Å². The molecule has 84 valence electrons. The quantitative estimate of drug-likeness (QED) is 0.833. The van der Waals surface area contributed by atoms with Crippen molar-refractivity contribution in [3.8, 4) is 6.07 Å². The molecule has 0 aliphatic heterocycles. The Balaban J connectivity index is 2.81. The lowest BCUT2D eigenvalue weighted by molar-refractivity contribution is 0.0941. The number of benzene rings is 1. The van der Waals surface area contributed by atoms with E-state index < -0.39 is 0 Å². The minimum atomic E-state index is -0.262. The molecule has 1 aromatic rings. The van der Waals surface area contributed by atoms with Gasteiger partial charge in [-0.25, -0.2) is 0 Å². The molecule has 0 aliphatic rings. The number of anilines is 1. The summed E-state index contributed by atoms with van der Waals surface area (Å²) in [6.45, 7) is 1.77. The number of nitriles is 1. The average Bonchev–Trinajstić information content (AvgIpc) is 2.21. The van der Waals surface area contributed by atoms with E-state index in [0.717, 1.165) is 4.47 Å². The molecular weight excluding hydrogens is 270 g/mol. The lowest BCUT2D eigenvalue weighted by Crippen LogP contribution is -2.32. The molecule has 3 N–H and O–H groups in total. The van der Waals surface area contributed by atoms with Crippen LogP contribution in [0, 0.1) is 11.3 Å². The topological polar surface area (TPSA) is 78.9 Å². The van der Waals surface area contributed by atoms with Gasteiger partial charge < -0.3 is 11.1 Å². The maximum Gasteiger partial charge on any atom is 0.253 e. The lowest BCUT2D eigenvalue weighted by atomic mass is 10.1. The Kier molecular flexibility index (Phi) is 4.32. The van der Waals surface area contributed by atoms with Gasteiger partial charge in [0, 0.05) is 16.2 Å². The Hall–Kier alpha value is -1.54. The van der Waals surface area contributed by atoms with E-state index in [1.165, 1.54) is 0 Å². The molecule has 0 radical (unpaired) electrons. The summed E-state index contributed by atoms with van der Waals surface area (Å²) in [6.07, 6.45) is 0.277. The van der Waals surface area contributed by atoms with Gasteiger partial charge in [0.05, 0.1) is 18.1 Å². The number of nitrogen functional groups attached to an aromatic ring is 1. The number of carbonyl (C=O) groups is 1. The Bertz CT molecular complexity index is 439. The van der Waals surface area contributed by atoms with Gasteiger partial charge in [-0.15, -0.1) is 0 Å². The fourth-order valence-electron chi connectivity index (χ4n) is 1.21. The second-order valence-corrected chi connectivity index (χ2v) is 4.38. The van der Waals surface area contributed by atoms with Crippen molar-refractivity contribution in [1.29, 1.82) is 5.26 Å². The van der Waals surface area contributed by atoms with Gasteiger partial charge in [-0.3, -0.25) is 4.79 Å². The molecule has 0 heterocycles. The molecule has 16 heavy (non-hydrogen) atoms. The van der Waals surface area contributed by atoms with Crippen molar-refractivity contribution >= 4 is 27.5 Å². The zero-order chi connectivity index (χ0) is 12.1. The number of hydrogen-bond donors (Lipinski definition) is 2. The first-order valence-electron chi connectivity index (χ1n) is 4.77. The van der Waals surface area contributed by atoms with Gasteiger partial charge in [0.1, 0.15) is 0 Å². The maximum absolute atomic E-state index is 11.8. The molecule has 1 aromatic carbocycles. The molecule has 0 saturated heterocycles. The number of nitrogens with one attached hydrogen (secondary N) is 1. The SMILES string of the molecule is CC(CC#N)NC(=O)c1cc(Br)ccc1N. The van der Waals surface area contributed by atoms with Crippen LogP contribution < -0.4 is 11.1 Å². The van der Waals surface area contributed by atoms with Gasteiger partial charge >= 0.3 is 0 Å². The van der Waals surface area contributed by atoms with Crippen molar-refractivity contribution in [2.75, 3.05) is 5.73 Å². The van der Waals surface area contributed by atoms with Gasteiger partial charge in [-0.1, -0.05) is 15.9 Å². The molecule has 1 rings (SSSR count). The molecule has 1 unspecified atom stereocenters. The molecule has 0 spiro atoms. The van der Waals surface area contributed by atoms with Crippen LogP contribution in [0.3, 0.4) is 0 Å². The number of hydrogen-bond acceptors (Lipinski definition) is 3. The number of nitrogens with zero attached hydrogens (tertiary/aromatic N) is 1. The summed E-state index contributed by atoms with van der Waals surface area (Å²) < 4.78 is 0.791. The maximum atomic E-state index is 11.8. The van der Waals surface area contributed by atoms with Crippen molar-refractivity contribution in [1.82, 2.24) is 5.32 Å². The summed E-state index contributed by atoms with van der Waals surface area (Å²) in [5.41, 5.74) is 6.53. The number of nitrogens with two attached hydrogens (primary N) is 1. The molecule has 0 aliphatic carbocycles. The number of halogens is 1. The summed E-state index contributed by atoms with van der Waals surface area (Å²) in [5, 5.41) is 11.2. The van der Waals surface area contributed by atoms with Crippen LogP contribution in [-0.4, -0.2) is 11.9 Å². The van der Waals surface area contributed by atoms with Crippen molar-refractivity contribution in [2.45, 2.75) is 19.4 Å². The first kappa shape index (κ1) is 12.5. The van der Waals surface area contributed by atoms with E-state index in [2.05, 4.69) is 21.2 Å². The van der Waals surface area contributed by atoms with E-state index in [1.807, 2.05) is 6.07 Å². The standard InChI is InChI=1S/C11H12BrN3O/c1-7(4-5-13)15-11(16)9-6-8(12)2-3-10(9)14/h2-3,6-7H,4,14H2,1H3,(H,15,16). The van der Waals surface area contributed by atoms with Gasteiger partial charge in [0.25, 0.3) is 5.91 Å². The summed E-state index contributed by atoms with van der Waals surface area (Å²) in [6, 6.07) is 6.90. The van der Waals surface area contributed by atoms with Crippen molar-refractivity contribution < 1.29 is 4.79 Å². The summed E-state index contributed by atoms with van der Waals surface area (Å²) in [4.78, 5) is 11.8. The Morgan fingerprint density at radius 1 is 1.69 bits per heavy atom. The van der Waals surface area contributed by atoms with Crippen LogP contribution >= 0.6 is 15.9 Å². The van der Waals surface area contributed by atoms with E-state index in [9.17, 15) is 4.79 Å². The molecule has 1 atom stereocenters. The van der Waals surface area contributed by atoms with E-state index in [0.29, 0.717) is 11.3 Å². The third-order valence-electron chi connectivity index (χ3n) is 2.03. The van der Waals surface area contributed by atoms with Crippen LogP contribution in [0.5, 0.6) is 0 Å². The van der Waals surface area contributed by atoms with Crippen molar-refractivity contribution in [3.63, 3.8) is 0 Å². The fraction of sp³-hybridized carbons (Fsp3) is 0.273. The third kappa shape index (κ3) is 3.24. The highest BCUT2D eigenvalue weighted by Crippen LogP contribution is 2.18. The average molecular weight is 282 g/mol. The normalized spacial score (nSPS) is 11.6. The second kappa shape index (κ2) is 5.52. The molecule has 0 aromatic heterocycles. The predicted octanol–water partition coefficient (Wildman–Crippen LogP) is 2.06. The van der Waals surface area contributed by atoms with Crippen LogP contribution in [0.4, 0.5) is 5.69 Å². The van der Waals surface area contributed by atoms with E-state index in [-0.39, 0.29) is 18.4 Å². The third-order valence-corrected chi connectivity index (χ3v) is 2.53. The highest BCUT2D eigenvalue weighted by atomic mass is 79.9. The van der Waals surface area contributed by atoms with Crippen molar-refractivity contribution in [2.24, 2.45) is 0 Å². The Morgan fingerprint density at radius 3 is 3.00 bits per heavy atom. The van der Waals surface area contributed by atoms with Crippen molar-refractivity contribution in [3.05, 3.63) is 28.2 Å². The molecule has 0 fully saturated rings. The predicted molar refractivity (Wildman–Crippen MR) is 65.7 cm³/mol. The summed E-state index contributed by atoms with van der Waals surface area (Å²) in [7, 11) is 0. The smallest absolute Gasteiger partial charge is 0.253 e. The Labute approximate surface area is 103 Å². The minimum Gasteiger partial charge on any atom is -0.398 e.